The lowest BCUT2D eigenvalue weighted by atomic mass is 10.0. The van der Waals surface area contributed by atoms with E-state index in [-0.39, 0.29) is 18.3 Å². The summed E-state index contributed by atoms with van der Waals surface area (Å²) in [6, 6.07) is 2.72. The third-order valence-electron chi connectivity index (χ3n) is 3.55. The van der Waals surface area contributed by atoms with Crippen molar-refractivity contribution in [1.82, 2.24) is 4.90 Å². The summed E-state index contributed by atoms with van der Waals surface area (Å²) < 4.78 is 13.3. The molecule has 21 heavy (non-hydrogen) atoms. The van der Waals surface area contributed by atoms with Crippen LogP contribution in [0.4, 0.5) is 14.9 Å². The van der Waals surface area contributed by atoms with Crippen molar-refractivity contribution in [2.45, 2.75) is 25.3 Å². The quantitative estimate of drug-likeness (QED) is 0.794. The highest BCUT2D eigenvalue weighted by molar-refractivity contribution is 5.93. The first-order valence-electron chi connectivity index (χ1n) is 6.74. The molecular formula is C14H17FN2O4. The molecule has 2 amide bonds. The number of hydrogen-bond acceptors (Lipinski definition) is 3. The van der Waals surface area contributed by atoms with Crippen LogP contribution in [0.15, 0.2) is 18.2 Å². The highest BCUT2D eigenvalue weighted by Crippen LogP contribution is 2.19. The Bertz CT molecular complexity index is 550. The number of benzene rings is 1. The van der Waals surface area contributed by atoms with Crippen LogP contribution in [0.25, 0.3) is 0 Å². The lowest BCUT2D eigenvalue weighted by Crippen LogP contribution is -2.47. The molecular weight excluding hydrogens is 279 g/mol. The van der Waals surface area contributed by atoms with E-state index in [9.17, 15) is 19.1 Å². The van der Waals surface area contributed by atoms with Gasteiger partial charge in [0.15, 0.2) is 0 Å². The minimum Gasteiger partial charge on any atom is -0.478 e. The van der Waals surface area contributed by atoms with Gasteiger partial charge in [0, 0.05) is 12.2 Å². The van der Waals surface area contributed by atoms with Crippen molar-refractivity contribution in [1.29, 1.82) is 0 Å². The Morgan fingerprint density at radius 3 is 2.81 bits per heavy atom. The number of piperidine rings is 1. The van der Waals surface area contributed by atoms with Crippen molar-refractivity contribution in [3.05, 3.63) is 29.6 Å². The number of likely N-dealkylation sites (tertiary alicyclic amines) is 1. The highest BCUT2D eigenvalue weighted by atomic mass is 19.1. The van der Waals surface area contributed by atoms with Gasteiger partial charge in [0.1, 0.15) is 5.82 Å². The number of aliphatic hydroxyl groups is 1. The minimum atomic E-state index is -1.39. The van der Waals surface area contributed by atoms with Gasteiger partial charge < -0.3 is 20.4 Å². The van der Waals surface area contributed by atoms with E-state index in [1.54, 1.807) is 0 Å². The smallest absolute Gasteiger partial charge is 0.338 e. The van der Waals surface area contributed by atoms with Crippen LogP contribution in [-0.2, 0) is 0 Å². The van der Waals surface area contributed by atoms with Crippen LogP contribution in [0.3, 0.4) is 0 Å². The van der Waals surface area contributed by atoms with Crippen LogP contribution in [0.1, 0.15) is 29.6 Å². The van der Waals surface area contributed by atoms with Gasteiger partial charge in [-0.05, 0) is 37.5 Å². The van der Waals surface area contributed by atoms with E-state index in [1.807, 2.05) is 0 Å². The average Bonchev–Trinajstić information content (AvgIpc) is 2.48. The molecule has 0 radical (unpaired) electrons. The van der Waals surface area contributed by atoms with E-state index in [4.69, 9.17) is 5.11 Å². The number of carbonyl (C=O) groups excluding carboxylic acids is 1. The summed E-state index contributed by atoms with van der Waals surface area (Å²) in [4.78, 5) is 24.6. The second-order valence-corrected chi connectivity index (χ2v) is 4.96. The van der Waals surface area contributed by atoms with Crippen molar-refractivity contribution in [3.8, 4) is 0 Å². The molecule has 1 heterocycles. The molecule has 1 atom stereocenters. The van der Waals surface area contributed by atoms with Crippen LogP contribution in [0.5, 0.6) is 0 Å². The number of aromatic carboxylic acids is 1. The molecule has 1 saturated heterocycles. The van der Waals surface area contributed by atoms with Gasteiger partial charge in [-0.1, -0.05) is 0 Å². The van der Waals surface area contributed by atoms with Gasteiger partial charge in [-0.15, -0.1) is 0 Å². The van der Waals surface area contributed by atoms with Gasteiger partial charge in [0.2, 0.25) is 0 Å². The summed E-state index contributed by atoms with van der Waals surface area (Å²) in [6.45, 7) is 0.418. The van der Waals surface area contributed by atoms with Crippen LogP contribution >= 0.6 is 0 Å². The molecule has 1 aromatic carbocycles. The first kappa shape index (κ1) is 15.2. The van der Waals surface area contributed by atoms with Gasteiger partial charge in [-0.25, -0.2) is 14.0 Å². The van der Waals surface area contributed by atoms with Crippen molar-refractivity contribution < 1.29 is 24.2 Å². The zero-order valence-corrected chi connectivity index (χ0v) is 11.4. The highest BCUT2D eigenvalue weighted by Gasteiger charge is 2.26. The maximum atomic E-state index is 13.3. The molecule has 6 nitrogen and oxygen atoms in total. The molecule has 0 bridgehead atoms. The van der Waals surface area contributed by atoms with Crippen LogP contribution < -0.4 is 5.32 Å². The predicted octanol–water partition coefficient (Wildman–Crippen LogP) is 1.90. The first-order chi connectivity index (χ1) is 10.0. The fraction of sp³-hybridized carbons (Fsp3) is 0.429. The average molecular weight is 296 g/mol. The maximum absolute atomic E-state index is 13.3. The SMILES string of the molecule is O=C(O)c1cc(NC(=O)N2CCCCC2CO)ccc1F. The van der Waals surface area contributed by atoms with Crippen LogP contribution in [0, 0.1) is 5.82 Å². The van der Waals surface area contributed by atoms with E-state index < -0.39 is 23.4 Å². The molecule has 1 unspecified atom stereocenters. The molecule has 3 N–H and O–H groups in total. The molecule has 114 valence electrons. The molecule has 0 saturated carbocycles. The Hall–Kier alpha value is -2.15. The number of aliphatic hydroxyl groups excluding tert-OH is 1. The second-order valence-electron chi connectivity index (χ2n) is 4.96. The molecule has 7 heteroatoms. The third-order valence-corrected chi connectivity index (χ3v) is 3.55. The fourth-order valence-electron chi connectivity index (χ4n) is 2.42. The van der Waals surface area contributed by atoms with E-state index in [0.717, 1.165) is 31.4 Å². The number of rotatable bonds is 3. The molecule has 0 aromatic heterocycles. The Morgan fingerprint density at radius 2 is 2.14 bits per heavy atom. The Morgan fingerprint density at radius 1 is 1.38 bits per heavy atom. The van der Waals surface area contributed by atoms with Gasteiger partial charge in [0.25, 0.3) is 0 Å². The monoisotopic (exact) mass is 296 g/mol. The number of urea groups is 1. The summed E-state index contributed by atoms with van der Waals surface area (Å²) in [5.74, 6) is -2.25. The maximum Gasteiger partial charge on any atom is 0.338 e. The van der Waals surface area contributed by atoms with Gasteiger partial charge >= 0.3 is 12.0 Å². The van der Waals surface area contributed by atoms with Crippen LogP contribution in [0.2, 0.25) is 0 Å². The lowest BCUT2D eigenvalue weighted by molar-refractivity contribution is 0.0692. The first-order valence-corrected chi connectivity index (χ1v) is 6.74. The normalized spacial score (nSPS) is 18.4. The second kappa shape index (κ2) is 6.53. The fourth-order valence-corrected chi connectivity index (χ4v) is 2.42. The van der Waals surface area contributed by atoms with E-state index in [2.05, 4.69) is 5.32 Å². The van der Waals surface area contributed by atoms with Crippen molar-refractivity contribution in [2.75, 3.05) is 18.5 Å². The van der Waals surface area contributed by atoms with Crippen molar-refractivity contribution in [2.24, 2.45) is 0 Å². The number of hydrogen-bond donors (Lipinski definition) is 3. The van der Waals surface area contributed by atoms with Gasteiger partial charge in [0.05, 0.1) is 18.2 Å². The van der Waals surface area contributed by atoms with Crippen molar-refractivity contribution in [3.63, 3.8) is 0 Å². The number of anilines is 1. The van der Waals surface area contributed by atoms with Gasteiger partial charge in [-0.3, -0.25) is 0 Å². The summed E-state index contributed by atoms with van der Waals surface area (Å²) in [5.41, 5.74) is -0.286. The number of carboxylic acid groups (broad SMARTS) is 1. The molecule has 0 spiro atoms. The topological polar surface area (TPSA) is 89.9 Å². The molecule has 1 fully saturated rings. The molecule has 1 aliphatic rings. The van der Waals surface area contributed by atoms with E-state index in [0.29, 0.717) is 6.54 Å². The number of carboxylic acids is 1. The Labute approximate surface area is 121 Å². The number of halogens is 1. The Kier molecular flexibility index (Phi) is 4.74. The minimum absolute atomic E-state index is 0.114. The zero-order valence-electron chi connectivity index (χ0n) is 11.4. The molecule has 0 aliphatic carbocycles. The zero-order chi connectivity index (χ0) is 15.4. The summed E-state index contributed by atoms with van der Waals surface area (Å²) in [7, 11) is 0. The number of amides is 2. The summed E-state index contributed by atoms with van der Waals surface area (Å²) in [5, 5.41) is 20.7. The van der Waals surface area contributed by atoms with Gasteiger partial charge in [-0.2, -0.15) is 0 Å². The number of nitrogens with one attached hydrogen (secondary N) is 1. The largest absolute Gasteiger partial charge is 0.478 e. The standard InChI is InChI=1S/C14H17FN2O4/c15-12-5-4-9(7-11(12)13(19)20)16-14(21)17-6-2-1-3-10(17)8-18/h4-5,7,10,18H,1-3,6,8H2,(H,16,21)(H,19,20). The summed E-state index contributed by atoms with van der Waals surface area (Å²) >= 11 is 0. The third kappa shape index (κ3) is 3.49. The summed E-state index contributed by atoms with van der Waals surface area (Å²) in [6.07, 6.45) is 2.54. The number of nitrogens with zero attached hydrogens (tertiary/aromatic N) is 1. The predicted molar refractivity (Wildman–Crippen MR) is 73.8 cm³/mol. The molecule has 1 aliphatic heterocycles. The van der Waals surface area contributed by atoms with Crippen molar-refractivity contribution >= 4 is 17.7 Å². The van der Waals surface area contributed by atoms with Crippen LogP contribution in [-0.4, -0.2) is 46.3 Å². The van der Waals surface area contributed by atoms with E-state index >= 15 is 0 Å². The van der Waals surface area contributed by atoms with E-state index in [1.165, 1.54) is 11.0 Å². The lowest BCUT2D eigenvalue weighted by Gasteiger charge is -2.34. The Balaban J connectivity index is 2.12. The molecule has 2 rings (SSSR count). The number of carbonyl (C=O) groups is 2. The molecule has 1 aromatic rings.